The lowest BCUT2D eigenvalue weighted by Crippen LogP contribution is -2.32. The van der Waals surface area contributed by atoms with Crippen LogP contribution in [0.2, 0.25) is 0 Å². The summed E-state index contributed by atoms with van der Waals surface area (Å²) in [6.07, 6.45) is 2.47. The second-order valence-electron chi connectivity index (χ2n) is 5.75. The van der Waals surface area contributed by atoms with E-state index < -0.39 is 11.6 Å². The molecule has 1 aliphatic rings. The summed E-state index contributed by atoms with van der Waals surface area (Å²) in [5.74, 6) is -1.56. The highest BCUT2D eigenvalue weighted by molar-refractivity contribution is 5.92. The van der Waals surface area contributed by atoms with Gasteiger partial charge in [0, 0.05) is 44.6 Å². The predicted molar refractivity (Wildman–Crippen MR) is 82.2 cm³/mol. The highest BCUT2D eigenvalue weighted by Crippen LogP contribution is 2.25. The van der Waals surface area contributed by atoms with Gasteiger partial charge in [0.25, 0.3) is 5.91 Å². The molecule has 1 fully saturated rings. The number of hydrogen-bond acceptors (Lipinski definition) is 3. The summed E-state index contributed by atoms with van der Waals surface area (Å²) >= 11 is 0. The van der Waals surface area contributed by atoms with Crippen LogP contribution in [0.25, 0.3) is 0 Å². The third kappa shape index (κ3) is 3.33. The molecule has 0 saturated carbocycles. The highest BCUT2D eigenvalue weighted by atomic mass is 19.2. The number of hydrogen-bond donors (Lipinski definition) is 1. The van der Waals surface area contributed by atoms with Crippen molar-refractivity contribution in [2.24, 2.45) is 13.0 Å². The van der Waals surface area contributed by atoms with Crippen LogP contribution < -0.4 is 10.2 Å². The molecule has 5 nitrogen and oxygen atoms in total. The summed E-state index contributed by atoms with van der Waals surface area (Å²) in [6.45, 7) is 2.01. The first-order valence-electron chi connectivity index (χ1n) is 7.51. The van der Waals surface area contributed by atoms with Crippen LogP contribution in [-0.2, 0) is 7.05 Å². The Morgan fingerprint density at radius 2 is 2.17 bits per heavy atom. The number of nitrogens with one attached hydrogen (secondary N) is 1. The molecule has 1 aromatic carbocycles. The van der Waals surface area contributed by atoms with Gasteiger partial charge in [0.15, 0.2) is 11.6 Å². The maximum atomic E-state index is 13.3. The number of amides is 1. The SMILES string of the molecule is Cn1nccc1C(=O)NCC1CCN(c2ccc(F)c(F)c2)C1. The molecule has 2 heterocycles. The largest absolute Gasteiger partial charge is 0.371 e. The van der Waals surface area contributed by atoms with Crippen LogP contribution in [0.1, 0.15) is 16.9 Å². The number of benzene rings is 1. The molecule has 23 heavy (non-hydrogen) atoms. The number of aryl methyl sites for hydroxylation is 1. The van der Waals surface area contributed by atoms with Crippen molar-refractivity contribution in [3.8, 4) is 0 Å². The lowest BCUT2D eigenvalue weighted by molar-refractivity contribution is 0.0939. The van der Waals surface area contributed by atoms with Gasteiger partial charge in [0.1, 0.15) is 5.69 Å². The van der Waals surface area contributed by atoms with E-state index in [-0.39, 0.29) is 11.8 Å². The fourth-order valence-corrected chi connectivity index (χ4v) is 2.84. The Balaban J connectivity index is 1.55. The van der Waals surface area contributed by atoms with Crippen LogP contribution in [0.5, 0.6) is 0 Å². The van der Waals surface area contributed by atoms with Gasteiger partial charge in [-0.25, -0.2) is 8.78 Å². The fraction of sp³-hybridized carbons (Fsp3) is 0.375. The van der Waals surface area contributed by atoms with Crippen LogP contribution in [0.4, 0.5) is 14.5 Å². The topological polar surface area (TPSA) is 50.2 Å². The van der Waals surface area contributed by atoms with E-state index in [0.717, 1.165) is 19.0 Å². The molecule has 0 bridgehead atoms. The third-order valence-electron chi connectivity index (χ3n) is 4.16. The first-order chi connectivity index (χ1) is 11.0. The van der Waals surface area contributed by atoms with Gasteiger partial charge in [-0.15, -0.1) is 0 Å². The van der Waals surface area contributed by atoms with Crippen molar-refractivity contribution in [1.82, 2.24) is 15.1 Å². The fourth-order valence-electron chi connectivity index (χ4n) is 2.84. The standard InChI is InChI=1S/C16H18F2N4O/c1-21-15(4-6-20-21)16(23)19-9-11-5-7-22(10-11)12-2-3-13(17)14(18)8-12/h2-4,6,8,11H,5,7,9-10H2,1H3,(H,19,23). The van der Waals surface area contributed by atoms with Gasteiger partial charge >= 0.3 is 0 Å². The van der Waals surface area contributed by atoms with Crippen LogP contribution in [0, 0.1) is 17.6 Å². The monoisotopic (exact) mass is 320 g/mol. The van der Waals surface area contributed by atoms with E-state index >= 15 is 0 Å². The van der Waals surface area contributed by atoms with Gasteiger partial charge < -0.3 is 10.2 Å². The zero-order valence-corrected chi connectivity index (χ0v) is 12.8. The minimum Gasteiger partial charge on any atom is -0.371 e. The first kappa shape index (κ1) is 15.5. The molecule has 7 heteroatoms. The molecule has 1 saturated heterocycles. The van der Waals surface area contributed by atoms with Crippen molar-refractivity contribution >= 4 is 11.6 Å². The molecule has 1 atom stereocenters. The Labute approximate surface area is 132 Å². The number of carbonyl (C=O) groups is 1. The second kappa shape index (κ2) is 6.36. The van der Waals surface area contributed by atoms with Gasteiger partial charge in [0.05, 0.1) is 0 Å². The Bertz CT molecular complexity index is 716. The Morgan fingerprint density at radius 3 is 2.87 bits per heavy atom. The lowest BCUT2D eigenvalue weighted by atomic mass is 10.1. The number of rotatable bonds is 4. The number of nitrogens with zero attached hydrogens (tertiary/aromatic N) is 3. The summed E-state index contributed by atoms with van der Waals surface area (Å²) in [5, 5.41) is 6.87. The van der Waals surface area contributed by atoms with E-state index in [4.69, 9.17) is 0 Å². The second-order valence-corrected chi connectivity index (χ2v) is 5.75. The molecule has 0 aliphatic carbocycles. The smallest absolute Gasteiger partial charge is 0.269 e. The molecular formula is C16H18F2N4O. The van der Waals surface area contributed by atoms with Gasteiger partial charge in [0.2, 0.25) is 0 Å². The first-order valence-corrected chi connectivity index (χ1v) is 7.51. The molecule has 1 amide bonds. The van der Waals surface area contributed by atoms with Crippen molar-refractivity contribution in [1.29, 1.82) is 0 Å². The van der Waals surface area contributed by atoms with Gasteiger partial charge in [-0.05, 0) is 30.5 Å². The van der Waals surface area contributed by atoms with Crippen molar-refractivity contribution in [2.75, 3.05) is 24.5 Å². The quantitative estimate of drug-likeness (QED) is 0.937. The lowest BCUT2D eigenvalue weighted by Gasteiger charge is -2.19. The zero-order valence-electron chi connectivity index (χ0n) is 12.8. The summed E-state index contributed by atoms with van der Waals surface area (Å²) in [7, 11) is 1.72. The number of carbonyl (C=O) groups excluding carboxylic acids is 1. The molecule has 3 rings (SSSR count). The van der Waals surface area contributed by atoms with Crippen molar-refractivity contribution in [3.63, 3.8) is 0 Å². The minimum absolute atomic E-state index is 0.156. The summed E-state index contributed by atoms with van der Waals surface area (Å²) in [4.78, 5) is 14.0. The number of aromatic nitrogens is 2. The zero-order chi connectivity index (χ0) is 16.4. The molecule has 1 N–H and O–H groups in total. The normalized spacial score (nSPS) is 17.5. The maximum absolute atomic E-state index is 13.3. The minimum atomic E-state index is -0.840. The summed E-state index contributed by atoms with van der Waals surface area (Å²) < 4.78 is 27.8. The van der Waals surface area contributed by atoms with Crippen molar-refractivity contribution in [2.45, 2.75) is 6.42 Å². The molecule has 0 radical (unpaired) electrons. The summed E-state index contributed by atoms with van der Waals surface area (Å²) in [6, 6.07) is 5.60. The molecule has 1 unspecified atom stereocenters. The number of anilines is 1. The van der Waals surface area contributed by atoms with E-state index in [1.165, 1.54) is 10.7 Å². The Morgan fingerprint density at radius 1 is 1.35 bits per heavy atom. The van der Waals surface area contributed by atoms with Crippen LogP contribution in [0.3, 0.4) is 0 Å². The summed E-state index contributed by atoms with van der Waals surface area (Å²) in [5.41, 5.74) is 1.19. The molecular weight excluding hydrogens is 302 g/mol. The van der Waals surface area contributed by atoms with Crippen molar-refractivity contribution < 1.29 is 13.6 Å². The van der Waals surface area contributed by atoms with Crippen molar-refractivity contribution in [3.05, 3.63) is 47.8 Å². The Kier molecular flexibility index (Phi) is 4.27. The van der Waals surface area contributed by atoms with Crippen LogP contribution >= 0.6 is 0 Å². The van der Waals surface area contributed by atoms with Gasteiger partial charge in [-0.2, -0.15) is 5.10 Å². The average Bonchev–Trinajstić information content (AvgIpc) is 3.16. The molecule has 2 aromatic rings. The molecule has 1 aliphatic heterocycles. The predicted octanol–water partition coefficient (Wildman–Crippen LogP) is 1.95. The maximum Gasteiger partial charge on any atom is 0.269 e. The van der Waals surface area contributed by atoms with Gasteiger partial charge in [-0.3, -0.25) is 9.48 Å². The van der Waals surface area contributed by atoms with E-state index in [2.05, 4.69) is 10.4 Å². The third-order valence-corrected chi connectivity index (χ3v) is 4.16. The average molecular weight is 320 g/mol. The van der Waals surface area contributed by atoms with E-state index in [1.807, 2.05) is 4.90 Å². The van der Waals surface area contributed by atoms with E-state index in [1.54, 1.807) is 25.4 Å². The number of halogens is 2. The van der Waals surface area contributed by atoms with Gasteiger partial charge in [-0.1, -0.05) is 0 Å². The molecule has 0 spiro atoms. The van der Waals surface area contributed by atoms with E-state index in [0.29, 0.717) is 24.5 Å². The molecule has 1 aromatic heterocycles. The Hall–Kier alpha value is -2.44. The highest BCUT2D eigenvalue weighted by Gasteiger charge is 2.24. The van der Waals surface area contributed by atoms with Crippen LogP contribution in [-0.4, -0.2) is 35.3 Å². The molecule has 122 valence electrons. The van der Waals surface area contributed by atoms with Crippen LogP contribution in [0.15, 0.2) is 30.5 Å². The van der Waals surface area contributed by atoms with E-state index in [9.17, 15) is 13.6 Å².